The van der Waals surface area contributed by atoms with Gasteiger partial charge >= 0.3 is 0 Å². The maximum Gasteiger partial charge on any atom is 0.295 e. The normalized spacial score (nSPS) is 19.6. The zero-order valence-electron chi connectivity index (χ0n) is 33.6. The van der Waals surface area contributed by atoms with Gasteiger partial charge in [0.25, 0.3) is 5.82 Å². The average Bonchev–Trinajstić information content (AvgIpc) is 3.54. The SMILES string of the molecule is CCCCc1ccc(-c2ccc3c(c2)-c2cccc[n+]2C(C)(CC)C3(CC)CCc2ccccc2-c2n3c4c(cccc4[n+]2C)C(C)c2ccccc2-3)cc1. The fraction of sp³-hybridized carbons (Fsp3) is 0.308. The lowest BCUT2D eigenvalue weighted by atomic mass is 9.57. The third-order valence-electron chi connectivity index (χ3n) is 14.0. The van der Waals surface area contributed by atoms with E-state index in [1.54, 1.807) is 0 Å². The first-order valence-electron chi connectivity index (χ1n) is 20.8. The lowest BCUT2D eigenvalue weighted by Gasteiger charge is -2.48. The highest BCUT2D eigenvalue weighted by molar-refractivity contribution is 5.86. The van der Waals surface area contributed by atoms with Crippen LogP contribution in [0, 0.1) is 0 Å². The van der Waals surface area contributed by atoms with Crippen LogP contribution in [0.5, 0.6) is 0 Å². The van der Waals surface area contributed by atoms with E-state index in [-0.39, 0.29) is 11.0 Å². The zero-order valence-corrected chi connectivity index (χ0v) is 33.6. The third-order valence-corrected chi connectivity index (χ3v) is 14.0. The van der Waals surface area contributed by atoms with Crippen LogP contribution in [0.2, 0.25) is 0 Å². The zero-order chi connectivity index (χ0) is 37.9. The molecule has 0 fully saturated rings. The molecule has 3 unspecified atom stereocenters. The number of pyridine rings is 1. The summed E-state index contributed by atoms with van der Waals surface area (Å²) in [6.45, 7) is 12.0. The molecular formula is C52H55N3+2. The van der Waals surface area contributed by atoms with Gasteiger partial charge in [-0.05, 0) is 90.3 Å². The summed E-state index contributed by atoms with van der Waals surface area (Å²) in [6, 6.07) is 48.6. The highest BCUT2D eigenvalue weighted by Crippen LogP contribution is 2.53. The fourth-order valence-corrected chi connectivity index (χ4v) is 10.7. The summed E-state index contributed by atoms with van der Waals surface area (Å²) in [5, 5.41) is 0. The van der Waals surface area contributed by atoms with Gasteiger partial charge in [0, 0.05) is 42.5 Å². The minimum Gasteiger partial charge on any atom is -0.225 e. The number of nitrogens with zero attached hydrogens (tertiary/aromatic N) is 3. The Balaban J connectivity index is 1.17. The molecule has 4 heterocycles. The Bertz CT molecular complexity index is 2560. The second-order valence-electron chi connectivity index (χ2n) is 16.5. The first kappa shape index (κ1) is 35.4. The molecule has 7 aromatic rings. The third kappa shape index (κ3) is 5.29. The summed E-state index contributed by atoms with van der Waals surface area (Å²) in [5.74, 6) is 1.61. The maximum atomic E-state index is 2.63. The molecule has 0 spiro atoms. The summed E-state index contributed by atoms with van der Waals surface area (Å²) in [6.07, 6.45) is 10.1. The average molecular weight is 722 g/mol. The predicted octanol–water partition coefficient (Wildman–Crippen LogP) is 12.0. The highest BCUT2D eigenvalue weighted by Gasteiger charge is 2.58. The van der Waals surface area contributed by atoms with Gasteiger partial charge in [-0.15, -0.1) is 0 Å². The molecule has 3 atom stereocenters. The standard InChI is InChI=1S/C52H55N3/c1-7-10-18-37-26-28-38(29-27-37)40-30-31-45-44(35-40)46-23-15-16-34-54(46)51(5,8-2)52(45,9-3)33-32-39-19-11-12-21-43(39)50-53(6)48-25-17-22-42-36(4)41-20-13-14-24-47(41)55(50)49(42)48/h11-17,19-31,34-36H,7-10,18,32-33H2,1-6H3/q+2. The van der Waals surface area contributed by atoms with Crippen molar-refractivity contribution in [2.24, 2.45) is 7.05 Å². The number of hydrogen-bond acceptors (Lipinski definition) is 0. The van der Waals surface area contributed by atoms with Gasteiger partial charge in [0.05, 0.1) is 23.6 Å². The Kier molecular flexibility index (Phi) is 8.88. The lowest BCUT2D eigenvalue weighted by molar-refractivity contribution is -0.766. The van der Waals surface area contributed by atoms with Gasteiger partial charge in [-0.2, -0.15) is 9.13 Å². The Labute approximate surface area is 328 Å². The van der Waals surface area contributed by atoms with Gasteiger partial charge in [-0.3, -0.25) is 0 Å². The molecular weight excluding hydrogens is 667 g/mol. The maximum absolute atomic E-state index is 2.63. The number of rotatable bonds is 10. The van der Waals surface area contributed by atoms with Crippen molar-refractivity contribution >= 4 is 11.0 Å². The van der Waals surface area contributed by atoms with E-state index in [9.17, 15) is 0 Å². The van der Waals surface area contributed by atoms with Gasteiger partial charge in [0.15, 0.2) is 22.8 Å². The Hall–Kier alpha value is -5.28. The van der Waals surface area contributed by atoms with Crippen molar-refractivity contribution in [1.29, 1.82) is 0 Å². The smallest absolute Gasteiger partial charge is 0.225 e. The number of aromatic nitrogens is 3. The molecule has 0 saturated carbocycles. The molecule has 0 saturated heterocycles. The van der Waals surface area contributed by atoms with Crippen molar-refractivity contribution in [2.75, 3.05) is 0 Å². The number of aryl methyl sites for hydroxylation is 3. The molecule has 0 N–H and O–H groups in total. The van der Waals surface area contributed by atoms with Crippen LogP contribution in [-0.2, 0) is 30.8 Å². The van der Waals surface area contributed by atoms with E-state index in [4.69, 9.17) is 0 Å². The molecule has 0 radical (unpaired) electrons. The Morgan fingerprint density at radius 1 is 0.691 bits per heavy atom. The lowest BCUT2D eigenvalue weighted by Crippen LogP contribution is -2.68. The highest BCUT2D eigenvalue weighted by atomic mass is 15.2. The number of fused-ring (bicyclic) bond motifs is 5. The van der Waals surface area contributed by atoms with E-state index in [1.807, 2.05) is 0 Å². The first-order chi connectivity index (χ1) is 26.8. The topological polar surface area (TPSA) is 12.7 Å². The summed E-state index contributed by atoms with van der Waals surface area (Å²) in [7, 11) is 2.26. The van der Waals surface area contributed by atoms with Gasteiger partial charge in [0.1, 0.15) is 5.69 Å². The van der Waals surface area contributed by atoms with Crippen LogP contribution in [-0.4, -0.2) is 4.57 Å². The minimum absolute atomic E-state index is 0.0821. The molecule has 5 aromatic carbocycles. The molecule has 276 valence electrons. The van der Waals surface area contributed by atoms with E-state index in [0.717, 1.165) is 32.1 Å². The predicted molar refractivity (Wildman–Crippen MR) is 228 cm³/mol. The second-order valence-corrected chi connectivity index (χ2v) is 16.5. The van der Waals surface area contributed by atoms with Crippen LogP contribution in [0.4, 0.5) is 0 Å². The summed E-state index contributed by atoms with van der Waals surface area (Å²) in [5.41, 5.74) is 17.5. The van der Waals surface area contributed by atoms with Crippen LogP contribution in [0.3, 0.4) is 0 Å². The molecule has 9 rings (SSSR count). The second kappa shape index (κ2) is 13.8. The fourth-order valence-electron chi connectivity index (χ4n) is 10.7. The van der Waals surface area contributed by atoms with Crippen LogP contribution < -0.4 is 9.13 Å². The largest absolute Gasteiger partial charge is 0.295 e. The van der Waals surface area contributed by atoms with Gasteiger partial charge in [-0.1, -0.05) is 119 Å². The van der Waals surface area contributed by atoms with E-state index < -0.39 is 0 Å². The molecule has 3 nitrogen and oxygen atoms in total. The van der Waals surface area contributed by atoms with Crippen molar-refractivity contribution in [2.45, 2.75) is 96.4 Å². The monoisotopic (exact) mass is 721 g/mol. The minimum atomic E-state index is -0.104. The number of unbranched alkanes of at least 4 members (excludes halogenated alkanes) is 1. The van der Waals surface area contributed by atoms with Gasteiger partial charge in [0.2, 0.25) is 5.69 Å². The Morgan fingerprint density at radius 2 is 1.44 bits per heavy atom. The van der Waals surface area contributed by atoms with Gasteiger partial charge < -0.3 is 0 Å². The van der Waals surface area contributed by atoms with E-state index >= 15 is 0 Å². The van der Waals surface area contributed by atoms with E-state index in [0.29, 0.717) is 5.92 Å². The number of hydrogen-bond donors (Lipinski definition) is 0. The number of benzene rings is 5. The van der Waals surface area contributed by atoms with Gasteiger partial charge in [-0.25, -0.2) is 4.57 Å². The van der Waals surface area contributed by atoms with Crippen molar-refractivity contribution < 1.29 is 9.13 Å². The van der Waals surface area contributed by atoms with Crippen LogP contribution >= 0.6 is 0 Å². The molecule has 0 aliphatic carbocycles. The van der Waals surface area contributed by atoms with Crippen molar-refractivity contribution in [3.8, 4) is 39.5 Å². The van der Waals surface area contributed by atoms with Crippen molar-refractivity contribution in [3.63, 3.8) is 0 Å². The summed E-state index contributed by atoms with van der Waals surface area (Å²) >= 11 is 0. The Morgan fingerprint density at radius 3 is 2.24 bits per heavy atom. The molecule has 0 bridgehead atoms. The van der Waals surface area contributed by atoms with Crippen molar-refractivity contribution in [1.82, 2.24) is 4.57 Å². The molecule has 2 aromatic heterocycles. The molecule has 3 heteroatoms. The molecule has 0 amide bonds. The summed E-state index contributed by atoms with van der Waals surface area (Å²) in [4.78, 5) is 0. The van der Waals surface area contributed by atoms with E-state index in [2.05, 4.69) is 189 Å². The van der Waals surface area contributed by atoms with Crippen LogP contribution in [0.25, 0.3) is 50.5 Å². The molecule has 55 heavy (non-hydrogen) atoms. The first-order valence-corrected chi connectivity index (χ1v) is 20.8. The van der Waals surface area contributed by atoms with Crippen molar-refractivity contribution in [3.05, 3.63) is 161 Å². The summed E-state index contributed by atoms with van der Waals surface area (Å²) < 4.78 is 7.63. The number of para-hydroxylation sites is 2. The molecule has 2 aliphatic heterocycles. The molecule has 2 aliphatic rings. The number of imidazole rings is 1. The quantitative estimate of drug-likeness (QED) is 0.125. The van der Waals surface area contributed by atoms with E-state index in [1.165, 1.54) is 91.2 Å². The van der Waals surface area contributed by atoms with Crippen LogP contribution in [0.1, 0.15) is 100 Å². The van der Waals surface area contributed by atoms with Crippen LogP contribution in [0.15, 0.2) is 134 Å².